The summed E-state index contributed by atoms with van der Waals surface area (Å²) in [5.74, 6) is 0. The molecule has 1 unspecified atom stereocenters. The third-order valence-corrected chi connectivity index (χ3v) is 5.34. The van der Waals surface area contributed by atoms with Gasteiger partial charge in [-0.25, -0.2) is 0 Å². The zero-order valence-electron chi connectivity index (χ0n) is 7.79. The highest BCUT2D eigenvalue weighted by Crippen LogP contribution is 2.39. The minimum Gasteiger partial charge on any atom is -0.384 e. The fourth-order valence-electron chi connectivity index (χ4n) is 1.16. The molecule has 0 aromatic heterocycles. The highest BCUT2D eigenvalue weighted by atomic mass is 28.3. The second kappa shape index (κ2) is 3.03. The average molecular weight is 200 g/mol. The summed E-state index contributed by atoms with van der Waals surface area (Å²) in [6, 6.07) is 0. The van der Waals surface area contributed by atoms with E-state index in [1.807, 2.05) is 0 Å². The lowest BCUT2D eigenvalue weighted by Gasteiger charge is -2.39. The first kappa shape index (κ1) is 12.0. The Labute approximate surface area is 71.6 Å². The molecule has 0 aliphatic carbocycles. The standard InChI is InChI=1S/C7H15F3OSi/c1-5-6(11,7(8,9)10)12(2,3)4/h11H,5H2,1-4H3. The van der Waals surface area contributed by atoms with Crippen molar-refractivity contribution in [1.82, 2.24) is 0 Å². The van der Waals surface area contributed by atoms with Crippen LogP contribution in [-0.4, -0.2) is 24.6 Å². The number of hydrogen-bond donors (Lipinski definition) is 1. The molecule has 0 aliphatic heterocycles. The molecule has 1 nitrogen and oxygen atoms in total. The van der Waals surface area contributed by atoms with Gasteiger partial charge in [0.25, 0.3) is 0 Å². The van der Waals surface area contributed by atoms with Crippen LogP contribution in [0.4, 0.5) is 13.2 Å². The van der Waals surface area contributed by atoms with Gasteiger partial charge in [0.2, 0.25) is 0 Å². The summed E-state index contributed by atoms with van der Waals surface area (Å²) in [6.45, 7) is 5.92. The molecule has 0 aromatic rings. The summed E-state index contributed by atoms with van der Waals surface area (Å²) in [5.41, 5.74) is 0. The normalized spacial score (nSPS) is 19.0. The van der Waals surface area contributed by atoms with E-state index < -0.39 is 19.5 Å². The van der Waals surface area contributed by atoms with E-state index in [9.17, 15) is 18.3 Å². The number of aliphatic hydroxyl groups is 1. The van der Waals surface area contributed by atoms with E-state index in [0.29, 0.717) is 0 Å². The third kappa shape index (κ3) is 1.82. The fourth-order valence-corrected chi connectivity index (χ4v) is 3.07. The Morgan fingerprint density at radius 1 is 1.17 bits per heavy atom. The largest absolute Gasteiger partial charge is 0.413 e. The van der Waals surface area contributed by atoms with E-state index in [-0.39, 0.29) is 6.42 Å². The van der Waals surface area contributed by atoms with E-state index in [1.165, 1.54) is 26.6 Å². The maximum absolute atomic E-state index is 12.4. The molecule has 1 N–H and O–H groups in total. The van der Waals surface area contributed by atoms with Gasteiger partial charge in [0, 0.05) is 0 Å². The molecule has 0 spiro atoms. The topological polar surface area (TPSA) is 20.2 Å². The molecule has 0 fully saturated rings. The lowest BCUT2D eigenvalue weighted by molar-refractivity contribution is -0.229. The quantitative estimate of drug-likeness (QED) is 0.679. The van der Waals surface area contributed by atoms with Crippen molar-refractivity contribution in [3.05, 3.63) is 0 Å². The summed E-state index contributed by atoms with van der Waals surface area (Å²) in [7, 11) is -2.62. The second-order valence-electron chi connectivity index (χ2n) is 3.96. The van der Waals surface area contributed by atoms with E-state index >= 15 is 0 Å². The van der Waals surface area contributed by atoms with Gasteiger partial charge in [-0.05, 0) is 6.42 Å². The molecule has 0 rings (SSSR count). The maximum atomic E-state index is 12.4. The zero-order valence-corrected chi connectivity index (χ0v) is 8.79. The van der Waals surface area contributed by atoms with Crippen LogP contribution < -0.4 is 0 Å². The molecule has 5 heteroatoms. The highest BCUT2D eigenvalue weighted by molar-refractivity contribution is 6.79. The molecule has 1 atom stereocenters. The van der Waals surface area contributed by atoms with Crippen molar-refractivity contribution in [3.63, 3.8) is 0 Å². The minimum absolute atomic E-state index is 0.258. The zero-order chi connectivity index (χ0) is 10.2. The van der Waals surface area contributed by atoms with Crippen LogP contribution in [0.2, 0.25) is 19.6 Å². The van der Waals surface area contributed by atoms with Crippen molar-refractivity contribution in [2.24, 2.45) is 0 Å². The van der Waals surface area contributed by atoms with Crippen LogP contribution in [0.5, 0.6) is 0 Å². The summed E-state index contributed by atoms with van der Waals surface area (Å²) in [4.78, 5) is 0. The Bertz CT molecular complexity index is 145. The highest BCUT2D eigenvalue weighted by Gasteiger charge is 2.59. The molecule has 74 valence electrons. The molecule has 0 aliphatic rings. The number of alkyl halides is 3. The van der Waals surface area contributed by atoms with Crippen molar-refractivity contribution in [1.29, 1.82) is 0 Å². The van der Waals surface area contributed by atoms with Gasteiger partial charge in [-0.3, -0.25) is 0 Å². The summed E-state index contributed by atoms with van der Waals surface area (Å²) >= 11 is 0. The molecule has 0 radical (unpaired) electrons. The Kier molecular flexibility index (Phi) is 3.02. The van der Waals surface area contributed by atoms with Gasteiger partial charge in [-0.1, -0.05) is 26.6 Å². The average Bonchev–Trinajstić information content (AvgIpc) is 1.81. The van der Waals surface area contributed by atoms with Crippen LogP contribution in [0.15, 0.2) is 0 Å². The van der Waals surface area contributed by atoms with Crippen LogP contribution in [0, 0.1) is 0 Å². The minimum atomic E-state index is -4.49. The molecule has 0 bridgehead atoms. The van der Waals surface area contributed by atoms with Crippen molar-refractivity contribution >= 4 is 8.07 Å². The summed E-state index contributed by atoms with van der Waals surface area (Å²) < 4.78 is 37.2. The first-order valence-electron chi connectivity index (χ1n) is 3.85. The van der Waals surface area contributed by atoms with Gasteiger partial charge in [0.05, 0.1) is 8.07 Å². The van der Waals surface area contributed by atoms with Gasteiger partial charge in [-0.2, -0.15) is 13.2 Å². The van der Waals surface area contributed by atoms with Crippen LogP contribution in [0.25, 0.3) is 0 Å². The van der Waals surface area contributed by atoms with Crippen molar-refractivity contribution in [2.75, 3.05) is 0 Å². The van der Waals surface area contributed by atoms with E-state index in [1.54, 1.807) is 0 Å². The van der Waals surface area contributed by atoms with Gasteiger partial charge in [-0.15, -0.1) is 0 Å². The van der Waals surface area contributed by atoms with Crippen LogP contribution in [0.1, 0.15) is 13.3 Å². The monoisotopic (exact) mass is 200 g/mol. The SMILES string of the molecule is CCC(O)(C(F)(F)F)[Si](C)(C)C. The molecule has 0 saturated carbocycles. The van der Waals surface area contributed by atoms with Gasteiger partial charge >= 0.3 is 6.18 Å². The van der Waals surface area contributed by atoms with Gasteiger partial charge in [0.15, 0.2) is 0 Å². The Hall–Kier alpha value is -0.0331. The van der Waals surface area contributed by atoms with Gasteiger partial charge < -0.3 is 5.11 Å². The fraction of sp³-hybridized carbons (Fsp3) is 1.00. The molecule has 0 saturated heterocycles. The third-order valence-electron chi connectivity index (χ3n) is 2.22. The lowest BCUT2D eigenvalue weighted by Crippen LogP contribution is -2.61. The Balaban J connectivity index is 4.95. The second-order valence-corrected chi connectivity index (χ2v) is 9.29. The molecular weight excluding hydrogens is 185 g/mol. The van der Waals surface area contributed by atoms with Crippen LogP contribution in [0.3, 0.4) is 0 Å². The number of halogens is 3. The number of rotatable bonds is 2. The lowest BCUT2D eigenvalue weighted by atomic mass is 10.2. The molecule has 12 heavy (non-hydrogen) atoms. The maximum Gasteiger partial charge on any atom is 0.413 e. The Morgan fingerprint density at radius 3 is 1.50 bits per heavy atom. The molecule has 0 amide bonds. The van der Waals surface area contributed by atoms with Crippen LogP contribution >= 0.6 is 0 Å². The molecular formula is C7H15F3OSi. The van der Waals surface area contributed by atoms with Crippen molar-refractivity contribution in [3.8, 4) is 0 Å². The predicted molar refractivity (Wildman–Crippen MR) is 44.6 cm³/mol. The van der Waals surface area contributed by atoms with E-state index in [0.717, 1.165) is 0 Å². The Morgan fingerprint density at radius 2 is 1.50 bits per heavy atom. The first-order chi connectivity index (χ1) is 5.06. The molecule has 0 aromatic carbocycles. The van der Waals surface area contributed by atoms with Crippen LogP contribution in [-0.2, 0) is 0 Å². The first-order valence-corrected chi connectivity index (χ1v) is 7.35. The smallest absolute Gasteiger partial charge is 0.384 e. The molecule has 0 heterocycles. The predicted octanol–water partition coefficient (Wildman–Crippen LogP) is 2.57. The van der Waals surface area contributed by atoms with E-state index in [2.05, 4.69) is 0 Å². The van der Waals surface area contributed by atoms with Crippen molar-refractivity contribution < 1.29 is 18.3 Å². The summed E-state index contributed by atoms with van der Waals surface area (Å²) in [5, 5.41) is 6.99. The van der Waals surface area contributed by atoms with Crippen molar-refractivity contribution in [2.45, 2.75) is 44.4 Å². The van der Waals surface area contributed by atoms with E-state index in [4.69, 9.17) is 0 Å². The number of hydrogen-bond acceptors (Lipinski definition) is 1. The summed E-state index contributed by atoms with van der Waals surface area (Å²) in [6.07, 6.45) is -4.75. The van der Waals surface area contributed by atoms with Gasteiger partial charge in [0.1, 0.15) is 5.22 Å².